The van der Waals surface area contributed by atoms with Gasteiger partial charge in [0, 0.05) is 5.57 Å². The van der Waals surface area contributed by atoms with E-state index in [1.165, 1.54) is 0 Å². The van der Waals surface area contributed by atoms with Gasteiger partial charge in [0.2, 0.25) is 0 Å². The second kappa shape index (κ2) is 6.25. The Hall–Kier alpha value is -0.390. The Morgan fingerprint density at radius 3 is 2.47 bits per heavy atom. The number of phosphoric acid groups is 1. The monoisotopic (exact) mass is 258 g/mol. The molecule has 0 saturated heterocycles. The van der Waals surface area contributed by atoms with Gasteiger partial charge in [0.1, 0.15) is 0 Å². The number of halogens is 1. The minimum atomic E-state index is -4.82. The number of aliphatic hydroxyl groups excluding tert-OH is 1. The van der Waals surface area contributed by atoms with E-state index >= 15 is 0 Å². The summed E-state index contributed by atoms with van der Waals surface area (Å²) in [6.45, 7) is 3.04. The molecule has 0 aliphatic carbocycles. The van der Waals surface area contributed by atoms with E-state index in [2.05, 4.69) is 11.1 Å². The molecule has 0 fully saturated rings. The van der Waals surface area contributed by atoms with Crippen LogP contribution in [0.2, 0.25) is 0 Å². The first-order valence-electron chi connectivity index (χ1n) is 3.98. The number of carbonyl (C=O) groups is 1. The molecule has 0 aliphatic heterocycles. The Morgan fingerprint density at radius 1 is 1.53 bits per heavy atom. The third-order valence-corrected chi connectivity index (χ3v) is 2.21. The van der Waals surface area contributed by atoms with E-state index in [9.17, 15) is 9.36 Å². The highest BCUT2D eigenvalue weighted by atomic mass is 35.5. The van der Waals surface area contributed by atoms with Gasteiger partial charge in [0.05, 0.1) is 12.0 Å². The molecule has 0 heterocycles. The SMILES string of the molecule is C=C(CCC(Cl)CO)C(=O)OP(=O)(O)O. The van der Waals surface area contributed by atoms with Crippen molar-refractivity contribution in [3.63, 3.8) is 0 Å². The maximum Gasteiger partial charge on any atom is 0.527 e. The van der Waals surface area contributed by atoms with Crippen molar-refractivity contribution in [1.82, 2.24) is 0 Å². The number of hydrogen-bond donors (Lipinski definition) is 3. The van der Waals surface area contributed by atoms with Gasteiger partial charge in [-0.3, -0.25) is 9.79 Å². The molecule has 0 aromatic rings. The fraction of sp³-hybridized carbons (Fsp3) is 0.571. The Kier molecular flexibility index (Phi) is 6.09. The smallest absolute Gasteiger partial charge is 0.395 e. The first-order valence-corrected chi connectivity index (χ1v) is 5.95. The zero-order valence-corrected chi connectivity index (χ0v) is 9.45. The second-order valence-electron chi connectivity index (χ2n) is 2.79. The first-order chi connectivity index (χ1) is 6.76. The molecule has 3 N–H and O–H groups in total. The average molecular weight is 259 g/mol. The lowest BCUT2D eigenvalue weighted by Gasteiger charge is -2.08. The van der Waals surface area contributed by atoms with E-state index in [-0.39, 0.29) is 25.0 Å². The van der Waals surface area contributed by atoms with Gasteiger partial charge in [-0.2, -0.15) is 0 Å². The topological polar surface area (TPSA) is 104 Å². The van der Waals surface area contributed by atoms with Crippen LogP contribution in [0.1, 0.15) is 12.8 Å². The third-order valence-electron chi connectivity index (χ3n) is 1.45. The number of phosphoric ester groups is 1. The van der Waals surface area contributed by atoms with Crippen LogP contribution < -0.4 is 0 Å². The molecule has 0 aromatic carbocycles. The molecule has 8 heteroatoms. The molecular formula is C7H12ClO6P. The summed E-state index contributed by atoms with van der Waals surface area (Å²) in [5.41, 5.74) is -0.0996. The van der Waals surface area contributed by atoms with Gasteiger partial charge < -0.3 is 9.63 Å². The molecule has 0 rings (SSSR count). The second-order valence-corrected chi connectivity index (χ2v) is 4.57. The van der Waals surface area contributed by atoms with Crippen LogP contribution >= 0.6 is 19.4 Å². The van der Waals surface area contributed by atoms with Crippen LogP contribution in [0, 0.1) is 0 Å². The molecule has 15 heavy (non-hydrogen) atoms. The van der Waals surface area contributed by atoms with Crippen molar-refractivity contribution < 1.29 is 28.8 Å². The van der Waals surface area contributed by atoms with Crippen LogP contribution in [0.3, 0.4) is 0 Å². The first kappa shape index (κ1) is 14.6. The van der Waals surface area contributed by atoms with Crippen molar-refractivity contribution in [2.75, 3.05) is 6.61 Å². The Bertz CT molecular complexity index is 285. The predicted molar refractivity (Wildman–Crippen MR) is 53.2 cm³/mol. The zero-order valence-electron chi connectivity index (χ0n) is 7.80. The lowest BCUT2D eigenvalue weighted by molar-refractivity contribution is -0.131. The number of alkyl halides is 1. The molecule has 88 valence electrons. The van der Waals surface area contributed by atoms with Crippen molar-refractivity contribution in [3.8, 4) is 0 Å². The zero-order chi connectivity index (χ0) is 12.1. The maximum absolute atomic E-state index is 10.9. The highest BCUT2D eigenvalue weighted by Gasteiger charge is 2.22. The van der Waals surface area contributed by atoms with Gasteiger partial charge in [-0.15, -0.1) is 11.6 Å². The fourth-order valence-electron chi connectivity index (χ4n) is 0.697. The highest BCUT2D eigenvalue weighted by molar-refractivity contribution is 7.46. The van der Waals surface area contributed by atoms with Gasteiger partial charge in [-0.1, -0.05) is 6.58 Å². The number of hydrogen-bond acceptors (Lipinski definition) is 4. The van der Waals surface area contributed by atoms with Crippen molar-refractivity contribution in [3.05, 3.63) is 12.2 Å². The molecule has 0 aliphatic rings. The minimum Gasteiger partial charge on any atom is -0.395 e. The van der Waals surface area contributed by atoms with E-state index in [1.54, 1.807) is 0 Å². The van der Waals surface area contributed by atoms with Crippen LogP contribution in [0.25, 0.3) is 0 Å². The maximum atomic E-state index is 10.9. The summed E-state index contributed by atoms with van der Waals surface area (Å²) in [5, 5.41) is 8.05. The van der Waals surface area contributed by atoms with Gasteiger partial charge in [0.15, 0.2) is 0 Å². The van der Waals surface area contributed by atoms with Gasteiger partial charge >= 0.3 is 13.8 Å². The standard InChI is InChI=1S/C7H12ClO6P/c1-5(2-3-6(8)4-9)7(10)14-15(11,12)13/h6,9H,1-4H2,(H2,11,12,13). The summed E-state index contributed by atoms with van der Waals surface area (Å²) < 4.78 is 14.1. The van der Waals surface area contributed by atoms with E-state index in [4.69, 9.17) is 26.5 Å². The van der Waals surface area contributed by atoms with Crippen molar-refractivity contribution in [1.29, 1.82) is 0 Å². The quantitative estimate of drug-likeness (QED) is 0.365. The summed E-state index contributed by atoms with van der Waals surface area (Å²) in [6.07, 6.45) is 0.376. The molecule has 0 amide bonds. The van der Waals surface area contributed by atoms with Crippen LogP contribution in [0.5, 0.6) is 0 Å². The van der Waals surface area contributed by atoms with Crippen LogP contribution in [0.15, 0.2) is 12.2 Å². The summed E-state index contributed by atoms with van der Waals surface area (Å²) in [7, 11) is -4.82. The summed E-state index contributed by atoms with van der Waals surface area (Å²) >= 11 is 5.55. The van der Waals surface area contributed by atoms with Crippen molar-refractivity contribution in [2.24, 2.45) is 0 Å². The Morgan fingerprint density at radius 2 is 2.07 bits per heavy atom. The molecule has 0 spiro atoms. The Balaban J connectivity index is 4.01. The van der Waals surface area contributed by atoms with Crippen LogP contribution in [-0.4, -0.2) is 32.8 Å². The van der Waals surface area contributed by atoms with Crippen LogP contribution in [-0.2, 0) is 13.9 Å². The highest BCUT2D eigenvalue weighted by Crippen LogP contribution is 2.37. The normalized spacial score (nSPS) is 13.3. The van der Waals surface area contributed by atoms with E-state index in [1.807, 2.05) is 0 Å². The van der Waals surface area contributed by atoms with Crippen molar-refractivity contribution in [2.45, 2.75) is 18.2 Å². The summed E-state index contributed by atoms with van der Waals surface area (Å²) in [6, 6.07) is 0. The molecule has 0 aromatic heterocycles. The average Bonchev–Trinajstić information content (AvgIpc) is 2.10. The molecule has 6 nitrogen and oxygen atoms in total. The Labute approximate surface area is 91.7 Å². The van der Waals surface area contributed by atoms with Gasteiger partial charge in [0.25, 0.3) is 0 Å². The van der Waals surface area contributed by atoms with E-state index in [0.717, 1.165) is 0 Å². The number of aliphatic hydroxyl groups is 1. The van der Waals surface area contributed by atoms with Crippen molar-refractivity contribution >= 4 is 25.4 Å². The van der Waals surface area contributed by atoms with E-state index in [0.29, 0.717) is 0 Å². The largest absolute Gasteiger partial charge is 0.527 e. The van der Waals surface area contributed by atoms with Gasteiger partial charge in [-0.05, 0) is 12.8 Å². The van der Waals surface area contributed by atoms with E-state index < -0.39 is 19.2 Å². The predicted octanol–water partition coefficient (Wildman–Crippen LogP) is 0.558. The number of rotatable bonds is 6. The lowest BCUT2D eigenvalue weighted by Crippen LogP contribution is -2.09. The summed E-state index contributed by atoms with van der Waals surface area (Å²) in [5.74, 6) is -1.16. The third kappa shape index (κ3) is 7.53. The molecule has 1 atom stereocenters. The molecule has 0 saturated carbocycles. The van der Waals surface area contributed by atoms with Crippen LogP contribution in [0.4, 0.5) is 0 Å². The molecule has 0 radical (unpaired) electrons. The lowest BCUT2D eigenvalue weighted by atomic mass is 10.1. The van der Waals surface area contributed by atoms with Gasteiger partial charge in [-0.25, -0.2) is 9.36 Å². The molecule has 1 unspecified atom stereocenters. The fourth-order valence-corrected chi connectivity index (χ4v) is 1.15. The number of carbonyl (C=O) groups excluding carboxylic acids is 1. The molecule has 0 bridgehead atoms. The summed E-state index contributed by atoms with van der Waals surface area (Å²) in [4.78, 5) is 27.6. The minimum absolute atomic E-state index is 0.0996. The molecular weight excluding hydrogens is 246 g/mol.